The van der Waals surface area contributed by atoms with E-state index in [1.54, 1.807) is 31.4 Å². The van der Waals surface area contributed by atoms with E-state index in [9.17, 15) is 9.59 Å². The van der Waals surface area contributed by atoms with E-state index in [4.69, 9.17) is 4.74 Å². The summed E-state index contributed by atoms with van der Waals surface area (Å²) < 4.78 is 5.28. The maximum Gasteiger partial charge on any atom is 0.282 e. The molecule has 2 amide bonds. The minimum Gasteiger partial charge on any atom is -0.497 e. The first-order valence-electron chi connectivity index (χ1n) is 9.69. The summed E-state index contributed by atoms with van der Waals surface area (Å²) in [4.78, 5) is 30.2. The highest BCUT2D eigenvalue weighted by atomic mass is 16.5. The van der Waals surface area contributed by atoms with Gasteiger partial charge in [0.2, 0.25) is 0 Å². The lowest BCUT2D eigenvalue weighted by Gasteiger charge is -2.29. The summed E-state index contributed by atoms with van der Waals surface area (Å²) in [6, 6.07) is 14.9. The number of imide groups is 1. The van der Waals surface area contributed by atoms with E-state index in [2.05, 4.69) is 4.90 Å². The van der Waals surface area contributed by atoms with Crippen LogP contribution >= 0.6 is 0 Å². The fourth-order valence-electron chi connectivity index (χ4n) is 3.89. The molecule has 5 heteroatoms. The minimum absolute atomic E-state index is 0.254. The van der Waals surface area contributed by atoms with Crippen LogP contribution in [0.2, 0.25) is 0 Å². The van der Waals surface area contributed by atoms with Crippen molar-refractivity contribution in [2.24, 2.45) is 0 Å². The number of benzene rings is 2. The first-order valence-corrected chi connectivity index (χ1v) is 9.69. The molecule has 1 fully saturated rings. The second-order valence-corrected chi connectivity index (χ2v) is 7.28. The average Bonchev–Trinajstić information content (AvgIpc) is 2.99. The number of piperidine rings is 1. The Balaban J connectivity index is 1.81. The van der Waals surface area contributed by atoms with Crippen LogP contribution in [-0.2, 0) is 9.59 Å². The molecular formula is C23H24N2O3. The maximum atomic E-state index is 13.4. The Bertz CT molecular complexity index is 941. The predicted molar refractivity (Wildman–Crippen MR) is 109 cm³/mol. The van der Waals surface area contributed by atoms with Gasteiger partial charge in [0, 0.05) is 19.2 Å². The predicted octanol–water partition coefficient (Wildman–Crippen LogP) is 3.77. The summed E-state index contributed by atoms with van der Waals surface area (Å²) in [5, 5.41) is 0. The topological polar surface area (TPSA) is 49.9 Å². The van der Waals surface area contributed by atoms with Gasteiger partial charge in [0.15, 0.2) is 0 Å². The molecule has 0 bridgehead atoms. The summed E-state index contributed by atoms with van der Waals surface area (Å²) in [6.07, 6.45) is 3.22. The SMILES string of the molecule is COc1cccc(N2C(=O)C(c3ccc(C)cc3)=C(N3CCCCC3)C2=O)c1. The highest BCUT2D eigenvalue weighted by Crippen LogP contribution is 2.36. The fourth-order valence-corrected chi connectivity index (χ4v) is 3.89. The molecule has 2 aliphatic heterocycles. The van der Waals surface area contributed by atoms with Crippen molar-refractivity contribution in [1.29, 1.82) is 0 Å². The highest BCUT2D eigenvalue weighted by molar-refractivity contribution is 6.45. The van der Waals surface area contributed by atoms with Crippen LogP contribution in [0.25, 0.3) is 5.57 Å². The first kappa shape index (κ1) is 18.3. The van der Waals surface area contributed by atoms with Crippen molar-refractivity contribution >= 4 is 23.1 Å². The number of nitrogens with zero attached hydrogens (tertiary/aromatic N) is 2. The van der Waals surface area contributed by atoms with Gasteiger partial charge in [-0.2, -0.15) is 0 Å². The van der Waals surface area contributed by atoms with Gasteiger partial charge in [0.1, 0.15) is 11.4 Å². The molecule has 0 radical (unpaired) electrons. The Labute approximate surface area is 165 Å². The van der Waals surface area contributed by atoms with Crippen molar-refractivity contribution in [3.05, 3.63) is 65.4 Å². The van der Waals surface area contributed by atoms with Crippen molar-refractivity contribution in [3.8, 4) is 5.75 Å². The average molecular weight is 376 g/mol. The molecular weight excluding hydrogens is 352 g/mol. The molecule has 2 aromatic carbocycles. The number of hydrogen-bond donors (Lipinski definition) is 0. The second kappa shape index (κ2) is 7.50. The van der Waals surface area contributed by atoms with E-state index in [-0.39, 0.29) is 11.8 Å². The molecule has 0 saturated carbocycles. The molecule has 2 aromatic rings. The number of likely N-dealkylation sites (tertiary alicyclic amines) is 1. The number of aryl methyl sites for hydroxylation is 1. The molecule has 2 heterocycles. The van der Waals surface area contributed by atoms with Crippen LogP contribution in [0.4, 0.5) is 5.69 Å². The smallest absolute Gasteiger partial charge is 0.282 e. The lowest BCUT2D eigenvalue weighted by molar-refractivity contribution is -0.120. The van der Waals surface area contributed by atoms with Crippen molar-refractivity contribution < 1.29 is 14.3 Å². The molecule has 5 nitrogen and oxygen atoms in total. The van der Waals surface area contributed by atoms with Crippen molar-refractivity contribution in [2.75, 3.05) is 25.1 Å². The monoisotopic (exact) mass is 376 g/mol. The molecule has 28 heavy (non-hydrogen) atoms. The number of methoxy groups -OCH3 is 1. The number of carbonyl (C=O) groups excluding carboxylic acids is 2. The van der Waals surface area contributed by atoms with Gasteiger partial charge in [-0.05, 0) is 43.9 Å². The number of anilines is 1. The van der Waals surface area contributed by atoms with E-state index in [1.807, 2.05) is 31.2 Å². The zero-order valence-corrected chi connectivity index (χ0v) is 16.3. The van der Waals surface area contributed by atoms with Crippen LogP contribution < -0.4 is 9.64 Å². The molecule has 144 valence electrons. The number of hydrogen-bond acceptors (Lipinski definition) is 4. The second-order valence-electron chi connectivity index (χ2n) is 7.28. The summed E-state index contributed by atoms with van der Waals surface area (Å²) in [6.45, 7) is 3.61. The summed E-state index contributed by atoms with van der Waals surface area (Å²) in [5.74, 6) is 0.0832. The van der Waals surface area contributed by atoms with Crippen molar-refractivity contribution in [1.82, 2.24) is 4.90 Å². The zero-order valence-electron chi connectivity index (χ0n) is 16.3. The van der Waals surface area contributed by atoms with Gasteiger partial charge < -0.3 is 9.64 Å². The zero-order chi connectivity index (χ0) is 19.7. The van der Waals surface area contributed by atoms with Gasteiger partial charge in [0.05, 0.1) is 18.4 Å². The molecule has 2 aliphatic rings. The van der Waals surface area contributed by atoms with Crippen LogP contribution in [0, 0.1) is 6.92 Å². The van der Waals surface area contributed by atoms with E-state index >= 15 is 0 Å². The van der Waals surface area contributed by atoms with E-state index in [0.29, 0.717) is 22.7 Å². The van der Waals surface area contributed by atoms with E-state index in [1.165, 1.54) is 4.90 Å². The third kappa shape index (κ3) is 3.17. The Morgan fingerprint density at radius 3 is 2.29 bits per heavy atom. The molecule has 0 aromatic heterocycles. The third-order valence-electron chi connectivity index (χ3n) is 5.38. The van der Waals surface area contributed by atoms with Crippen LogP contribution in [-0.4, -0.2) is 36.9 Å². The van der Waals surface area contributed by atoms with Gasteiger partial charge >= 0.3 is 0 Å². The van der Waals surface area contributed by atoms with Gasteiger partial charge in [-0.3, -0.25) is 9.59 Å². The quantitative estimate of drug-likeness (QED) is 0.762. The largest absolute Gasteiger partial charge is 0.497 e. The first-order chi connectivity index (χ1) is 13.6. The molecule has 0 unspecified atom stereocenters. The lowest BCUT2D eigenvalue weighted by Crippen LogP contribution is -2.37. The van der Waals surface area contributed by atoms with Gasteiger partial charge in [-0.15, -0.1) is 0 Å². The lowest BCUT2D eigenvalue weighted by atomic mass is 10.0. The molecule has 0 spiro atoms. The standard InChI is InChI=1S/C23H24N2O3/c1-16-9-11-17(12-10-16)20-21(24-13-4-3-5-14-24)23(27)25(22(20)26)18-7-6-8-19(15-18)28-2/h6-12,15H,3-5,13-14H2,1-2H3. The van der Waals surface area contributed by atoms with Crippen molar-refractivity contribution in [3.63, 3.8) is 0 Å². The third-order valence-corrected chi connectivity index (χ3v) is 5.38. The summed E-state index contributed by atoms with van der Waals surface area (Å²) in [7, 11) is 1.57. The Hall–Kier alpha value is -3.08. The molecule has 4 rings (SSSR count). The number of amides is 2. The summed E-state index contributed by atoms with van der Waals surface area (Å²) in [5.41, 5.74) is 3.46. The molecule has 0 aliphatic carbocycles. The van der Waals surface area contributed by atoms with E-state index in [0.717, 1.165) is 43.5 Å². The Morgan fingerprint density at radius 2 is 1.61 bits per heavy atom. The summed E-state index contributed by atoms with van der Waals surface area (Å²) >= 11 is 0. The van der Waals surface area contributed by atoms with Crippen LogP contribution in [0.5, 0.6) is 5.75 Å². The number of ether oxygens (including phenoxy) is 1. The molecule has 0 atom stereocenters. The molecule has 0 N–H and O–H groups in total. The van der Waals surface area contributed by atoms with Crippen LogP contribution in [0.3, 0.4) is 0 Å². The van der Waals surface area contributed by atoms with Gasteiger partial charge in [-0.25, -0.2) is 4.90 Å². The Kier molecular flexibility index (Phi) is 4.90. The number of rotatable bonds is 4. The Morgan fingerprint density at radius 1 is 0.893 bits per heavy atom. The minimum atomic E-state index is -0.275. The maximum absolute atomic E-state index is 13.4. The highest BCUT2D eigenvalue weighted by Gasteiger charge is 2.42. The van der Waals surface area contributed by atoms with Crippen LogP contribution in [0.1, 0.15) is 30.4 Å². The van der Waals surface area contributed by atoms with E-state index < -0.39 is 0 Å². The molecule has 1 saturated heterocycles. The fraction of sp³-hybridized carbons (Fsp3) is 0.304. The number of carbonyl (C=O) groups is 2. The van der Waals surface area contributed by atoms with Crippen molar-refractivity contribution in [2.45, 2.75) is 26.2 Å². The van der Waals surface area contributed by atoms with Gasteiger partial charge in [-0.1, -0.05) is 35.9 Å². The van der Waals surface area contributed by atoms with Crippen LogP contribution in [0.15, 0.2) is 54.2 Å². The van der Waals surface area contributed by atoms with Gasteiger partial charge in [0.25, 0.3) is 11.8 Å². The normalized spacial score (nSPS) is 17.5.